The van der Waals surface area contributed by atoms with Crippen molar-refractivity contribution in [3.8, 4) is 0 Å². The average Bonchev–Trinajstić information content (AvgIpc) is 3.01. The molecule has 0 spiro atoms. The van der Waals surface area contributed by atoms with E-state index in [0.717, 1.165) is 37.9 Å². The van der Waals surface area contributed by atoms with Gasteiger partial charge in [0, 0.05) is 6.54 Å². The van der Waals surface area contributed by atoms with Gasteiger partial charge < -0.3 is 10.0 Å². The van der Waals surface area contributed by atoms with Gasteiger partial charge in [0.1, 0.15) is 6.04 Å². The fourth-order valence-electron chi connectivity index (χ4n) is 4.08. The molecule has 3 aliphatic rings. The van der Waals surface area contributed by atoms with Crippen LogP contribution in [0.3, 0.4) is 0 Å². The lowest BCUT2D eigenvalue weighted by Crippen LogP contribution is -2.50. The van der Waals surface area contributed by atoms with E-state index in [1.54, 1.807) is 16.7 Å². The van der Waals surface area contributed by atoms with Gasteiger partial charge in [0.2, 0.25) is 5.91 Å². The molecule has 0 aromatic carbocycles. The van der Waals surface area contributed by atoms with Crippen molar-refractivity contribution in [2.45, 2.75) is 49.8 Å². The molecule has 1 N–H and O–H groups in total. The van der Waals surface area contributed by atoms with Crippen molar-refractivity contribution in [1.82, 2.24) is 4.90 Å². The van der Waals surface area contributed by atoms with E-state index < -0.39 is 12.0 Å². The van der Waals surface area contributed by atoms with E-state index in [1.807, 2.05) is 6.92 Å². The predicted octanol–water partition coefficient (Wildman–Crippen LogP) is 1.98. The summed E-state index contributed by atoms with van der Waals surface area (Å²) in [6.07, 6.45) is 5.12. The molecule has 3 fully saturated rings. The molecular weight excluding hydrogens is 262 g/mol. The summed E-state index contributed by atoms with van der Waals surface area (Å²) < 4.78 is -0.383. The van der Waals surface area contributed by atoms with E-state index in [9.17, 15) is 14.7 Å². The second-order valence-electron chi connectivity index (χ2n) is 6.28. The Kier molecular flexibility index (Phi) is 3.28. The highest BCUT2D eigenvalue weighted by Gasteiger charge is 2.53. The summed E-state index contributed by atoms with van der Waals surface area (Å²) in [7, 11) is 0. The average molecular weight is 283 g/mol. The van der Waals surface area contributed by atoms with Crippen LogP contribution < -0.4 is 0 Å². The standard InChI is InChI=1S/C14H21NO3S/c1-14(6-3-7-19-14)13(18)15-8-9-4-2-5-10(9)11(15)12(16)17/h9-11H,2-8H2,1H3,(H,16,17). The lowest BCUT2D eigenvalue weighted by Gasteiger charge is -2.32. The van der Waals surface area contributed by atoms with Gasteiger partial charge in [-0.2, -0.15) is 0 Å². The van der Waals surface area contributed by atoms with Gasteiger partial charge in [-0.3, -0.25) is 4.79 Å². The van der Waals surface area contributed by atoms with Gasteiger partial charge in [0.25, 0.3) is 0 Å². The first-order valence-corrected chi connectivity index (χ1v) is 8.19. The number of fused-ring (bicyclic) bond motifs is 1. The maximum Gasteiger partial charge on any atom is 0.326 e. The largest absolute Gasteiger partial charge is 0.480 e. The highest BCUT2D eigenvalue weighted by Crippen LogP contribution is 2.46. The molecule has 4 unspecified atom stereocenters. The first-order chi connectivity index (χ1) is 9.03. The van der Waals surface area contributed by atoms with Crippen molar-refractivity contribution in [3.05, 3.63) is 0 Å². The fraction of sp³-hybridized carbons (Fsp3) is 0.857. The Morgan fingerprint density at radius 3 is 2.74 bits per heavy atom. The molecule has 1 aliphatic carbocycles. The van der Waals surface area contributed by atoms with Crippen LogP contribution in [-0.4, -0.2) is 45.0 Å². The Morgan fingerprint density at radius 1 is 1.32 bits per heavy atom. The monoisotopic (exact) mass is 283 g/mol. The zero-order valence-corrected chi connectivity index (χ0v) is 12.1. The lowest BCUT2D eigenvalue weighted by atomic mass is 9.94. The van der Waals surface area contributed by atoms with Gasteiger partial charge in [-0.1, -0.05) is 6.42 Å². The van der Waals surface area contributed by atoms with Crippen molar-refractivity contribution < 1.29 is 14.7 Å². The summed E-state index contributed by atoms with van der Waals surface area (Å²) >= 11 is 1.70. The van der Waals surface area contributed by atoms with Crippen molar-refractivity contribution in [2.24, 2.45) is 11.8 Å². The molecule has 0 radical (unpaired) electrons. The van der Waals surface area contributed by atoms with Gasteiger partial charge in [0.05, 0.1) is 4.75 Å². The SMILES string of the molecule is CC1(C(=O)N2CC3CCCC3C2C(=O)O)CCCS1. The first-order valence-electron chi connectivity index (χ1n) is 7.21. The second kappa shape index (κ2) is 4.69. The lowest BCUT2D eigenvalue weighted by molar-refractivity contribution is -0.150. The number of amides is 1. The molecule has 2 heterocycles. The van der Waals surface area contributed by atoms with E-state index in [0.29, 0.717) is 12.5 Å². The predicted molar refractivity (Wildman–Crippen MR) is 74.1 cm³/mol. The third-order valence-corrected chi connectivity index (χ3v) is 6.58. The molecule has 5 heteroatoms. The number of hydrogen-bond donors (Lipinski definition) is 1. The van der Waals surface area contributed by atoms with Gasteiger partial charge in [-0.05, 0) is 50.2 Å². The van der Waals surface area contributed by atoms with Crippen LogP contribution in [0.5, 0.6) is 0 Å². The molecule has 0 aromatic rings. The van der Waals surface area contributed by atoms with Crippen molar-refractivity contribution in [2.75, 3.05) is 12.3 Å². The van der Waals surface area contributed by atoms with Crippen LogP contribution in [0.15, 0.2) is 0 Å². The maximum absolute atomic E-state index is 12.8. The zero-order chi connectivity index (χ0) is 13.6. The molecule has 0 aromatic heterocycles. The van der Waals surface area contributed by atoms with E-state index in [2.05, 4.69) is 0 Å². The van der Waals surface area contributed by atoms with Gasteiger partial charge in [-0.15, -0.1) is 11.8 Å². The first kappa shape index (κ1) is 13.3. The highest BCUT2D eigenvalue weighted by molar-refractivity contribution is 8.01. The van der Waals surface area contributed by atoms with Gasteiger partial charge in [-0.25, -0.2) is 4.79 Å². The molecule has 19 heavy (non-hydrogen) atoms. The highest BCUT2D eigenvalue weighted by atomic mass is 32.2. The van der Waals surface area contributed by atoms with Crippen LogP contribution in [0.25, 0.3) is 0 Å². The number of rotatable bonds is 2. The Labute approximate surface area is 117 Å². The second-order valence-corrected chi connectivity index (χ2v) is 7.88. The number of likely N-dealkylation sites (tertiary alicyclic amines) is 1. The molecule has 2 saturated heterocycles. The van der Waals surface area contributed by atoms with Crippen molar-refractivity contribution in [3.63, 3.8) is 0 Å². The number of thioether (sulfide) groups is 1. The third-order valence-electron chi connectivity index (χ3n) is 5.08. The molecule has 4 atom stereocenters. The molecular formula is C14H21NO3S. The maximum atomic E-state index is 12.8. The zero-order valence-electron chi connectivity index (χ0n) is 11.3. The van der Waals surface area contributed by atoms with Crippen LogP contribution in [0.4, 0.5) is 0 Å². The van der Waals surface area contributed by atoms with E-state index in [4.69, 9.17) is 0 Å². The minimum Gasteiger partial charge on any atom is -0.480 e. The van der Waals surface area contributed by atoms with E-state index >= 15 is 0 Å². The summed E-state index contributed by atoms with van der Waals surface area (Å²) in [5.41, 5.74) is 0. The number of carbonyl (C=O) groups excluding carboxylic acids is 1. The molecule has 3 rings (SSSR count). The normalized spacial score (nSPS) is 41.5. The molecule has 4 nitrogen and oxygen atoms in total. The number of hydrogen-bond acceptors (Lipinski definition) is 3. The van der Waals surface area contributed by atoms with E-state index in [-0.39, 0.29) is 16.6 Å². The van der Waals surface area contributed by atoms with Gasteiger partial charge in [0.15, 0.2) is 0 Å². The number of carbonyl (C=O) groups is 2. The molecule has 1 saturated carbocycles. The summed E-state index contributed by atoms with van der Waals surface area (Å²) in [5, 5.41) is 9.51. The Bertz CT molecular complexity index is 405. The van der Waals surface area contributed by atoms with Crippen molar-refractivity contribution >= 4 is 23.6 Å². The minimum absolute atomic E-state index is 0.0665. The van der Waals surface area contributed by atoms with Crippen LogP contribution in [0.2, 0.25) is 0 Å². The third kappa shape index (κ3) is 2.06. The van der Waals surface area contributed by atoms with Crippen LogP contribution >= 0.6 is 11.8 Å². The van der Waals surface area contributed by atoms with Crippen molar-refractivity contribution in [1.29, 1.82) is 0 Å². The number of carboxylic acid groups (broad SMARTS) is 1. The Hall–Kier alpha value is -0.710. The minimum atomic E-state index is -0.811. The number of carboxylic acids is 1. The summed E-state index contributed by atoms with van der Waals surface area (Å²) in [4.78, 5) is 26.0. The molecule has 1 amide bonds. The Morgan fingerprint density at radius 2 is 2.11 bits per heavy atom. The van der Waals surface area contributed by atoms with Crippen LogP contribution in [0, 0.1) is 11.8 Å². The Balaban J connectivity index is 1.83. The summed E-state index contributed by atoms with van der Waals surface area (Å²) in [5.74, 6) is 0.878. The molecule has 0 bridgehead atoms. The number of nitrogens with zero attached hydrogens (tertiary/aromatic N) is 1. The van der Waals surface area contributed by atoms with Gasteiger partial charge >= 0.3 is 5.97 Å². The van der Waals surface area contributed by atoms with Crippen LogP contribution in [0.1, 0.15) is 39.0 Å². The topological polar surface area (TPSA) is 57.6 Å². The molecule has 2 aliphatic heterocycles. The van der Waals surface area contributed by atoms with Crippen LogP contribution in [-0.2, 0) is 9.59 Å². The van der Waals surface area contributed by atoms with E-state index in [1.165, 1.54) is 0 Å². The smallest absolute Gasteiger partial charge is 0.326 e. The number of aliphatic carboxylic acids is 1. The fourth-order valence-corrected chi connectivity index (χ4v) is 5.35. The summed E-state index contributed by atoms with van der Waals surface area (Å²) in [6.45, 7) is 2.65. The quantitative estimate of drug-likeness (QED) is 0.842. The molecule has 106 valence electrons. The summed E-state index contributed by atoms with van der Waals surface area (Å²) in [6, 6.07) is -0.571.